The number of aromatic nitrogens is 2. The van der Waals surface area contributed by atoms with E-state index in [1.54, 1.807) is 28.8 Å². The Hall–Kier alpha value is -3.65. The maximum atomic E-state index is 13.2. The molecule has 3 aromatic rings. The number of carbonyl (C=O) groups is 1. The Morgan fingerprint density at radius 1 is 1.23 bits per heavy atom. The number of imidazole rings is 1. The molecule has 9 nitrogen and oxygen atoms in total. The van der Waals surface area contributed by atoms with Crippen LogP contribution in [0.2, 0.25) is 0 Å². The summed E-state index contributed by atoms with van der Waals surface area (Å²) in [5.74, 6) is -0.344. The zero-order valence-electron chi connectivity index (χ0n) is 21.4. The number of rotatable bonds is 11. The summed E-state index contributed by atoms with van der Waals surface area (Å²) in [4.78, 5) is 18.6. The van der Waals surface area contributed by atoms with Gasteiger partial charge in [-0.25, -0.2) is 4.98 Å². The Kier molecular flexibility index (Phi) is 7.48. The smallest absolute Gasteiger partial charge is 0.419 e. The van der Waals surface area contributed by atoms with Gasteiger partial charge in [0, 0.05) is 43.5 Å². The minimum Gasteiger partial charge on any atom is -0.496 e. The number of β-amino-alcohol motifs (C(OH)–C–C–N with tert-alkyl or cyclic N) is 1. The number of hydrogen-bond donors (Lipinski definition) is 2. The molecule has 14 heteroatoms. The van der Waals surface area contributed by atoms with Crippen LogP contribution in [0.15, 0.2) is 36.7 Å². The molecule has 0 radical (unpaired) electrons. The Morgan fingerprint density at radius 2 is 1.95 bits per heavy atom. The molecule has 1 saturated carbocycles. The Labute approximate surface area is 225 Å². The van der Waals surface area contributed by atoms with Crippen LogP contribution < -0.4 is 19.5 Å². The van der Waals surface area contributed by atoms with E-state index in [0.29, 0.717) is 35.6 Å². The highest BCUT2D eigenvalue weighted by atomic mass is 19.4. The first kappa shape index (κ1) is 27.9. The third-order valence-electron chi connectivity index (χ3n) is 6.81. The molecule has 0 spiro atoms. The first-order chi connectivity index (χ1) is 19.0. The lowest BCUT2D eigenvalue weighted by atomic mass is 9.93. The predicted octanol–water partition coefficient (Wildman–Crippen LogP) is 3.88. The molecule has 2 fully saturated rings. The summed E-state index contributed by atoms with van der Waals surface area (Å²) in [5.41, 5.74) is -1.34. The largest absolute Gasteiger partial charge is 0.496 e. The summed E-state index contributed by atoms with van der Waals surface area (Å²) >= 11 is 0. The van der Waals surface area contributed by atoms with E-state index in [9.17, 15) is 31.9 Å². The SMILES string of the molecule is COc1cc(-c2cnc3cc(OCCCN4CC(O)(C(F)(F)F)C4)ccn23)cc(OC(F)F)c1C(=O)NC1CC1. The minimum atomic E-state index is -4.65. The number of methoxy groups -OCH3 is 1. The molecule has 3 heterocycles. The van der Waals surface area contributed by atoms with Gasteiger partial charge in [-0.2, -0.15) is 22.0 Å². The lowest BCUT2D eigenvalue weighted by Crippen LogP contribution is -2.69. The number of halogens is 5. The molecule has 1 aliphatic heterocycles. The van der Waals surface area contributed by atoms with Crippen molar-refractivity contribution >= 4 is 11.6 Å². The van der Waals surface area contributed by atoms with Crippen molar-refractivity contribution in [1.29, 1.82) is 0 Å². The minimum absolute atomic E-state index is 0.00317. The molecular weight excluding hydrogens is 543 g/mol. The second-order valence-corrected chi connectivity index (χ2v) is 9.85. The molecule has 1 amide bonds. The van der Waals surface area contributed by atoms with Crippen molar-refractivity contribution in [3.8, 4) is 28.5 Å². The average Bonchev–Trinajstić information content (AvgIpc) is 3.58. The van der Waals surface area contributed by atoms with Crippen molar-refractivity contribution < 1.29 is 46.1 Å². The number of carbonyl (C=O) groups excluding carboxylic acids is 1. The van der Waals surface area contributed by atoms with Crippen LogP contribution in [-0.4, -0.2) is 83.1 Å². The van der Waals surface area contributed by atoms with Gasteiger partial charge in [0.1, 0.15) is 28.5 Å². The van der Waals surface area contributed by atoms with Crippen LogP contribution in [0.1, 0.15) is 29.6 Å². The van der Waals surface area contributed by atoms with Gasteiger partial charge in [0.15, 0.2) is 5.60 Å². The Morgan fingerprint density at radius 3 is 2.60 bits per heavy atom. The molecule has 2 N–H and O–H groups in total. The fourth-order valence-electron chi connectivity index (χ4n) is 4.57. The number of likely N-dealkylation sites (tertiary alicyclic amines) is 1. The molecule has 1 aliphatic carbocycles. The standard InChI is InChI=1S/C26H27F5N4O5/c1-38-19-9-15(10-20(40-24(27)28)22(19)23(36)33-16-3-4-16)18-12-32-21-11-17(5-7-35(18)21)39-8-2-6-34-13-25(37,14-34)26(29,30)31/h5,7,9-12,16,24,37H,2-4,6,8,13-14H2,1H3,(H,33,36). The number of nitrogens with zero attached hydrogens (tertiary/aromatic N) is 3. The third-order valence-corrected chi connectivity index (χ3v) is 6.81. The zero-order valence-corrected chi connectivity index (χ0v) is 21.4. The predicted molar refractivity (Wildman–Crippen MR) is 132 cm³/mol. The van der Waals surface area contributed by atoms with Crippen molar-refractivity contribution in [2.45, 2.75) is 43.7 Å². The van der Waals surface area contributed by atoms with Gasteiger partial charge in [0.25, 0.3) is 5.91 Å². The van der Waals surface area contributed by atoms with E-state index in [4.69, 9.17) is 14.2 Å². The van der Waals surface area contributed by atoms with E-state index in [1.807, 2.05) is 0 Å². The summed E-state index contributed by atoms with van der Waals surface area (Å²) in [6.45, 7) is -3.50. The molecule has 0 bridgehead atoms. The molecule has 5 rings (SSSR count). The lowest BCUT2D eigenvalue weighted by molar-refractivity contribution is -0.301. The van der Waals surface area contributed by atoms with Crippen LogP contribution in [0.25, 0.3) is 16.9 Å². The summed E-state index contributed by atoms with van der Waals surface area (Å²) in [7, 11) is 1.33. The fraction of sp³-hybridized carbons (Fsp3) is 0.462. The molecular formula is C26H27F5N4O5. The molecule has 1 aromatic carbocycles. The van der Waals surface area contributed by atoms with Crippen LogP contribution in [-0.2, 0) is 0 Å². The molecule has 2 aliphatic rings. The Balaban J connectivity index is 1.28. The third kappa shape index (κ3) is 5.77. The molecule has 0 unspecified atom stereocenters. The van der Waals surface area contributed by atoms with E-state index in [0.717, 1.165) is 12.8 Å². The number of pyridine rings is 1. The quantitative estimate of drug-likeness (QED) is 0.267. The van der Waals surface area contributed by atoms with Gasteiger partial charge in [0.05, 0.1) is 25.6 Å². The highest BCUT2D eigenvalue weighted by molar-refractivity contribution is 6.01. The normalized spacial score (nSPS) is 17.1. The molecule has 0 atom stereocenters. The van der Waals surface area contributed by atoms with Crippen molar-refractivity contribution in [2.24, 2.45) is 0 Å². The van der Waals surface area contributed by atoms with E-state index in [2.05, 4.69) is 10.3 Å². The number of nitrogens with one attached hydrogen (secondary N) is 1. The van der Waals surface area contributed by atoms with Crippen LogP contribution in [0, 0.1) is 0 Å². The van der Waals surface area contributed by atoms with Crippen molar-refractivity contribution in [2.75, 3.05) is 33.4 Å². The number of benzene rings is 1. The highest BCUT2D eigenvalue weighted by Gasteiger charge is 2.60. The van der Waals surface area contributed by atoms with Crippen molar-refractivity contribution in [3.05, 3.63) is 42.2 Å². The molecule has 1 saturated heterocycles. The molecule has 2 aromatic heterocycles. The zero-order chi connectivity index (χ0) is 28.7. The van der Waals surface area contributed by atoms with Gasteiger partial charge >= 0.3 is 12.8 Å². The summed E-state index contributed by atoms with van der Waals surface area (Å²) < 4.78 is 82.2. The maximum Gasteiger partial charge on any atom is 0.419 e. The van der Waals surface area contributed by atoms with Crippen LogP contribution in [0.5, 0.6) is 17.2 Å². The van der Waals surface area contributed by atoms with E-state index < -0.39 is 37.4 Å². The van der Waals surface area contributed by atoms with E-state index in [1.165, 1.54) is 24.3 Å². The van der Waals surface area contributed by atoms with Gasteiger partial charge in [-0.15, -0.1) is 0 Å². The monoisotopic (exact) mass is 570 g/mol. The van der Waals surface area contributed by atoms with Crippen LogP contribution >= 0.6 is 0 Å². The number of alkyl halides is 5. The summed E-state index contributed by atoms with van der Waals surface area (Å²) in [6.07, 6.45) is 0.625. The van der Waals surface area contributed by atoms with E-state index in [-0.39, 0.29) is 29.7 Å². The van der Waals surface area contributed by atoms with Crippen molar-refractivity contribution in [3.63, 3.8) is 0 Å². The van der Waals surface area contributed by atoms with Gasteiger partial charge in [-0.05, 0) is 37.5 Å². The van der Waals surface area contributed by atoms with Gasteiger partial charge in [-0.3, -0.25) is 14.1 Å². The summed E-state index contributed by atoms with van der Waals surface area (Å²) in [6, 6.07) is 6.19. The topological polar surface area (TPSA) is 97.6 Å². The number of amides is 1. The van der Waals surface area contributed by atoms with Gasteiger partial charge in [-0.1, -0.05) is 0 Å². The number of ether oxygens (including phenoxy) is 3. The lowest BCUT2D eigenvalue weighted by Gasteiger charge is -2.47. The fourth-order valence-corrected chi connectivity index (χ4v) is 4.57. The van der Waals surface area contributed by atoms with Crippen LogP contribution in [0.4, 0.5) is 22.0 Å². The second-order valence-electron chi connectivity index (χ2n) is 9.85. The van der Waals surface area contributed by atoms with Crippen molar-refractivity contribution in [1.82, 2.24) is 19.6 Å². The Bertz CT molecular complexity index is 1390. The number of hydrogen-bond acceptors (Lipinski definition) is 7. The number of fused-ring (bicyclic) bond motifs is 1. The first-order valence-corrected chi connectivity index (χ1v) is 12.6. The van der Waals surface area contributed by atoms with Gasteiger partial charge in [0.2, 0.25) is 0 Å². The van der Waals surface area contributed by atoms with Crippen LogP contribution in [0.3, 0.4) is 0 Å². The highest BCUT2D eigenvalue weighted by Crippen LogP contribution is 2.38. The average molecular weight is 571 g/mol. The second kappa shape index (κ2) is 10.7. The molecule has 40 heavy (non-hydrogen) atoms. The maximum absolute atomic E-state index is 13.2. The van der Waals surface area contributed by atoms with E-state index >= 15 is 0 Å². The molecule has 216 valence electrons. The van der Waals surface area contributed by atoms with Gasteiger partial charge < -0.3 is 24.6 Å². The first-order valence-electron chi connectivity index (χ1n) is 12.6. The number of aliphatic hydroxyl groups is 1. The summed E-state index contributed by atoms with van der Waals surface area (Å²) in [5, 5.41) is 12.3.